The van der Waals surface area contributed by atoms with E-state index in [-0.39, 0.29) is 30.8 Å². The molecule has 0 aliphatic rings. The SMILES string of the molecule is CC(=O)N[C@@H](CS)C(=O)NCC(=O)N[C@H](Cc1ccc2ccccc2c1)C(=O)N[C@@H](CCCCN)C(=O)N[C@@H](Cc1c[nH]c2ccccc12)C(=O)N[C@@H](CS)C(N)=O. The number of carbonyl (C=O) groups is 7. The minimum atomic E-state index is -1.22. The van der Waals surface area contributed by atoms with Gasteiger partial charge in [0.15, 0.2) is 0 Å². The lowest BCUT2D eigenvalue weighted by molar-refractivity contribution is -0.134. The van der Waals surface area contributed by atoms with Gasteiger partial charge in [0.05, 0.1) is 6.54 Å². The highest BCUT2D eigenvalue weighted by Gasteiger charge is 2.32. The molecule has 310 valence electrons. The molecule has 16 nitrogen and oxygen atoms in total. The normalized spacial score (nSPS) is 13.7. The third-order valence-corrected chi connectivity index (χ3v) is 10.1. The molecule has 4 rings (SSSR count). The van der Waals surface area contributed by atoms with Crippen molar-refractivity contribution in [1.29, 1.82) is 0 Å². The Labute approximate surface area is 347 Å². The molecule has 0 bridgehead atoms. The molecule has 0 radical (unpaired) electrons. The first-order valence-electron chi connectivity index (χ1n) is 18.8. The van der Waals surface area contributed by atoms with Gasteiger partial charge in [0.25, 0.3) is 0 Å². The van der Waals surface area contributed by atoms with Gasteiger partial charge in [-0.05, 0) is 53.8 Å². The summed E-state index contributed by atoms with van der Waals surface area (Å²) in [5.74, 6) is -4.78. The molecule has 0 aliphatic carbocycles. The molecule has 0 saturated heterocycles. The average Bonchev–Trinajstić information content (AvgIpc) is 3.62. The molecule has 0 spiro atoms. The molecule has 0 saturated carbocycles. The Morgan fingerprint density at radius 2 is 1.29 bits per heavy atom. The Morgan fingerprint density at radius 3 is 1.97 bits per heavy atom. The van der Waals surface area contributed by atoms with Gasteiger partial charge >= 0.3 is 0 Å². The monoisotopic (exact) mass is 833 g/mol. The maximum absolute atomic E-state index is 14.2. The van der Waals surface area contributed by atoms with Crippen LogP contribution in [-0.4, -0.2) is 101 Å². The van der Waals surface area contributed by atoms with Gasteiger partial charge in [-0.3, -0.25) is 33.6 Å². The third-order valence-electron chi connectivity index (χ3n) is 9.36. The van der Waals surface area contributed by atoms with E-state index in [1.165, 1.54) is 6.92 Å². The zero-order chi connectivity index (χ0) is 42.2. The van der Waals surface area contributed by atoms with Gasteiger partial charge < -0.3 is 48.4 Å². The van der Waals surface area contributed by atoms with E-state index in [1.807, 2.05) is 66.7 Å². The Hall–Kier alpha value is -5.59. The van der Waals surface area contributed by atoms with Gasteiger partial charge in [-0.2, -0.15) is 25.3 Å². The molecule has 1 heterocycles. The number of H-pyrrole nitrogens is 1. The molecular formula is C40H51N9O7S2. The van der Waals surface area contributed by atoms with Gasteiger partial charge in [-0.25, -0.2) is 0 Å². The van der Waals surface area contributed by atoms with E-state index >= 15 is 0 Å². The number of benzene rings is 3. The molecular weight excluding hydrogens is 783 g/mol. The summed E-state index contributed by atoms with van der Waals surface area (Å²) in [5.41, 5.74) is 13.5. The maximum atomic E-state index is 14.2. The van der Waals surface area contributed by atoms with Crippen LogP contribution in [0.15, 0.2) is 72.9 Å². The molecule has 3 aromatic carbocycles. The summed E-state index contributed by atoms with van der Waals surface area (Å²) in [5, 5.41) is 18.4. The number of rotatable bonds is 22. The molecule has 11 N–H and O–H groups in total. The quantitative estimate of drug-likeness (QED) is 0.0383. The van der Waals surface area contributed by atoms with Gasteiger partial charge in [-0.15, -0.1) is 0 Å². The van der Waals surface area contributed by atoms with Crippen molar-refractivity contribution < 1.29 is 33.6 Å². The number of carbonyl (C=O) groups excluding carboxylic acids is 7. The molecule has 5 atom stereocenters. The highest BCUT2D eigenvalue weighted by atomic mass is 32.1. The zero-order valence-electron chi connectivity index (χ0n) is 32.1. The van der Waals surface area contributed by atoms with Gasteiger partial charge in [0.1, 0.15) is 30.2 Å². The van der Waals surface area contributed by atoms with Crippen LogP contribution >= 0.6 is 25.3 Å². The highest BCUT2D eigenvalue weighted by Crippen LogP contribution is 2.20. The third kappa shape index (κ3) is 13.2. The van der Waals surface area contributed by atoms with E-state index in [9.17, 15) is 33.6 Å². The van der Waals surface area contributed by atoms with Crippen molar-refractivity contribution in [2.45, 2.75) is 69.2 Å². The molecule has 0 aliphatic heterocycles. The lowest BCUT2D eigenvalue weighted by Gasteiger charge is -2.26. The van der Waals surface area contributed by atoms with E-state index in [0.717, 1.165) is 21.7 Å². The van der Waals surface area contributed by atoms with Gasteiger partial charge in [-0.1, -0.05) is 60.7 Å². The molecule has 18 heteroatoms. The summed E-state index contributed by atoms with van der Waals surface area (Å²) >= 11 is 8.23. The summed E-state index contributed by atoms with van der Waals surface area (Å²) in [7, 11) is 0. The maximum Gasteiger partial charge on any atom is 0.243 e. The molecule has 0 fully saturated rings. The van der Waals surface area contributed by atoms with Gasteiger partial charge in [0.2, 0.25) is 41.4 Å². The number of nitrogens with two attached hydrogens (primary N) is 2. The van der Waals surface area contributed by atoms with Crippen LogP contribution < -0.4 is 43.4 Å². The second-order valence-corrected chi connectivity index (χ2v) is 14.5. The highest BCUT2D eigenvalue weighted by molar-refractivity contribution is 7.80. The van der Waals surface area contributed by atoms with Crippen LogP contribution in [0.2, 0.25) is 0 Å². The Kier molecular flexibility index (Phi) is 17.4. The lowest BCUT2D eigenvalue weighted by Crippen LogP contribution is -2.59. The number of thiol groups is 2. The molecule has 1 aromatic heterocycles. The van der Waals surface area contributed by atoms with Crippen LogP contribution in [0.5, 0.6) is 0 Å². The van der Waals surface area contributed by atoms with E-state index in [4.69, 9.17) is 11.5 Å². The fourth-order valence-corrected chi connectivity index (χ4v) is 6.83. The summed E-state index contributed by atoms with van der Waals surface area (Å²) < 4.78 is 0. The fraction of sp³-hybridized carbons (Fsp3) is 0.375. The van der Waals surface area contributed by atoms with Crippen molar-refractivity contribution in [2.75, 3.05) is 24.6 Å². The predicted octanol–water partition coefficient (Wildman–Crippen LogP) is 0.140. The Bertz CT molecular complexity index is 2100. The summed E-state index contributed by atoms with van der Waals surface area (Å²) in [6.45, 7) is 1.06. The van der Waals surface area contributed by atoms with Gasteiger partial charge in [0, 0.05) is 48.4 Å². The van der Waals surface area contributed by atoms with E-state index in [2.05, 4.69) is 62.1 Å². The number of fused-ring (bicyclic) bond motifs is 2. The molecule has 4 aromatic rings. The summed E-state index contributed by atoms with van der Waals surface area (Å²) in [4.78, 5) is 94.6. The fourth-order valence-electron chi connectivity index (χ4n) is 6.30. The van der Waals surface area contributed by atoms with Crippen molar-refractivity contribution in [3.8, 4) is 0 Å². The number of primary amides is 1. The van der Waals surface area contributed by atoms with Crippen LogP contribution in [0.4, 0.5) is 0 Å². The van der Waals surface area contributed by atoms with Crippen LogP contribution in [0.3, 0.4) is 0 Å². The predicted molar refractivity (Wildman–Crippen MR) is 228 cm³/mol. The van der Waals surface area contributed by atoms with E-state index in [1.54, 1.807) is 6.20 Å². The standard InChI is InChI=1S/C40H51N9O7S2/c1-23(50)45-34(22-58)37(53)44-20-35(51)46-31(17-24-13-14-25-8-2-3-9-26(25)16-24)39(55)47-30(12-6-7-15-41)38(54)48-32(40(56)49-33(21-57)36(42)52)18-27-19-43-29-11-5-4-10-28(27)29/h2-5,8-11,13-14,16,19,30-34,43,57-58H,6-7,12,15,17-18,20-22,41H2,1H3,(H2,42,52)(H,44,53)(H,45,50)(H,46,51)(H,47,55)(H,48,54)(H,49,56)/t30-,31+,32-,33-,34-/m0/s1. The van der Waals surface area contributed by atoms with E-state index < -0.39 is 78.1 Å². The molecule has 7 amide bonds. The van der Waals surface area contributed by atoms with E-state index in [0.29, 0.717) is 30.5 Å². The molecule has 0 unspecified atom stereocenters. The first kappa shape index (κ1) is 45.1. The Morgan fingerprint density at radius 1 is 0.672 bits per heavy atom. The first-order chi connectivity index (χ1) is 27.8. The number of hydrogen-bond donors (Lipinski definition) is 11. The van der Waals surface area contributed by atoms with Crippen molar-refractivity contribution in [2.24, 2.45) is 11.5 Å². The largest absolute Gasteiger partial charge is 0.368 e. The van der Waals surface area contributed by atoms with Crippen LogP contribution in [0.25, 0.3) is 21.7 Å². The number of nitrogens with one attached hydrogen (secondary N) is 7. The number of aromatic nitrogens is 1. The van der Waals surface area contributed by atoms with Crippen molar-refractivity contribution in [1.82, 2.24) is 36.9 Å². The second kappa shape index (κ2) is 22.4. The number of aromatic amines is 1. The number of amides is 7. The van der Waals surface area contributed by atoms with Crippen LogP contribution in [0.1, 0.15) is 37.3 Å². The number of hydrogen-bond acceptors (Lipinski definition) is 10. The Balaban J connectivity index is 1.59. The van der Waals surface area contributed by atoms with Crippen molar-refractivity contribution in [3.05, 3.63) is 84.1 Å². The van der Waals surface area contributed by atoms with Crippen molar-refractivity contribution in [3.63, 3.8) is 0 Å². The zero-order valence-corrected chi connectivity index (χ0v) is 33.9. The second-order valence-electron chi connectivity index (χ2n) is 13.8. The minimum Gasteiger partial charge on any atom is -0.368 e. The smallest absolute Gasteiger partial charge is 0.243 e. The van der Waals surface area contributed by atoms with Crippen molar-refractivity contribution >= 4 is 88.3 Å². The summed E-state index contributed by atoms with van der Waals surface area (Å²) in [6.07, 6.45) is 2.87. The number of unbranched alkanes of at least 4 members (excludes halogenated alkanes) is 1. The number of para-hydroxylation sites is 1. The lowest BCUT2D eigenvalue weighted by atomic mass is 10.00. The van der Waals surface area contributed by atoms with Crippen LogP contribution in [0, 0.1) is 0 Å². The van der Waals surface area contributed by atoms with Crippen LogP contribution in [-0.2, 0) is 46.4 Å². The minimum absolute atomic E-state index is 0.0150. The topological polar surface area (TPSA) is 260 Å². The summed E-state index contributed by atoms with van der Waals surface area (Å²) in [6, 6.07) is 14.9. The first-order valence-corrected chi connectivity index (χ1v) is 20.1. The molecule has 58 heavy (non-hydrogen) atoms. The average molecular weight is 834 g/mol.